The first-order valence-corrected chi connectivity index (χ1v) is 6.43. The highest BCUT2D eigenvalue weighted by molar-refractivity contribution is 5.78. The van der Waals surface area contributed by atoms with Crippen LogP contribution in [0.2, 0.25) is 0 Å². The minimum absolute atomic E-state index is 0.103. The monoisotopic (exact) mass is 244 g/mol. The molecule has 1 amide bonds. The van der Waals surface area contributed by atoms with E-state index >= 15 is 0 Å². The van der Waals surface area contributed by atoms with E-state index in [2.05, 4.69) is 16.8 Å². The van der Waals surface area contributed by atoms with Gasteiger partial charge in [0.05, 0.1) is 6.54 Å². The second-order valence-electron chi connectivity index (χ2n) is 4.79. The third-order valence-electron chi connectivity index (χ3n) is 3.26. The number of amides is 1. The fourth-order valence-corrected chi connectivity index (χ4v) is 2.08. The third kappa shape index (κ3) is 4.00. The zero-order valence-electron chi connectivity index (χ0n) is 10.7. The molecule has 0 spiro atoms. The lowest BCUT2D eigenvalue weighted by Gasteiger charge is -2.27. The highest BCUT2D eigenvalue weighted by Gasteiger charge is 2.15. The summed E-state index contributed by atoms with van der Waals surface area (Å²) in [4.78, 5) is 14.0. The van der Waals surface area contributed by atoms with Gasteiger partial charge in [-0.05, 0) is 18.4 Å². The molecule has 0 aliphatic carbocycles. The number of hydrogen-bond donors (Lipinski definition) is 1. The second-order valence-corrected chi connectivity index (χ2v) is 4.79. The Hall–Kier alpha value is -1.61. The molecule has 0 radical (unpaired) electrons. The number of hydrogen-bond acceptors (Lipinski definition) is 2. The van der Waals surface area contributed by atoms with Gasteiger partial charge in [-0.15, -0.1) is 0 Å². The van der Waals surface area contributed by atoms with E-state index in [0.717, 1.165) is 31.5 Å². The van der Waals surface area contributed by atoms with Gasteiger partial charge in [0.2, 0.25) is 5.91 Å². The van der Waals surface area contributed by atoms with Gasteiger partial charge in [-0.1, -0.05) is 42.5 Å². The summed E-state index contributed by atoms with van der Waals surface area (Å²) >= 11 is 0. The lowest BCUT2D eigenvalue weighted by Crippen LogP contribution is -2.39. The van der Waals surface area contributed by atoms with Gasteiger partial charge >= 0.3 is 0 Å². The summed E-state index contributed by atoms with van der Waals surface area (Å²) in [6.45, 7) is 7.00. The van der Waals surface area contributed by atoms with E-state index < -0.39 is 0 Å². The molecule has 0 unspecified atom stereocenters. The summed E-state index contributed by atoms with van der Waals surface area (Å²) in [6.07, 6.45) is 2.04. The fourth-order valence-electron chi connectivity index (χ4n) is 2.08. The number of carbonyl (C=O) groups excluding carboxylic acids is 1. The van der Waals surface area contributed by atoms with Crippen LogP contribution in [0.4, 0.5) is 0 Å². The van der Waals surface area contributed by atoms with Gasteiger partial charge in [0.15, 0.2) is 0 Å². The van der Waals surface area contributed by atoms with Crippen LogP contribution in [0.5, 0.6) is 0 Å². The van der Waals surface area contributed by atoms with Crippen molar-refractivity contribution in [3.8, 4) is 0 Å². The van der Waals surface area contributed by atoms with Crippen molar-refractivity contribution in [1.29, 1.82) is 0 Å². The Labute approximate surface area is 108 Å². The van der Waals surface area contributed by atoms with Crippen LogP contribution in [0, 0.1) is 0 Å². The van der Waals surface area contributed by atoms with E-state index in [1.807, 2.05) is 30.3 Å². The Morgan fingerprint density at radius 1 is 1.22 bits per heavy atom. The minimum atomic E-state index is 0.103. The summed E-state index contributed by atoms with van der Waals surface area (Å²) in [7, 11) is 0. The lowest BCUT2D eigenvalue weighted by atomic mass is 10.1. The Bertz CT molecular complexity index is 404. The van der Waals surface area contributed by atoms with Crippen LogP contribution in [-0.2, 0) is 11.3 Å². The molecule has 1 fully saturated rings. The molecule has 96 valence electrons. The maximum Gasteiger partial charge on any atom is 0.234 e. The Morgan fingerprint density at radius 3 is 2.56 bits per heavy atom. The van der Waals surface area contributed by atoms with E-state index in [1.165, 1.54) is 5.57 Å². The van der Waals surface area contributed by atoms with Crippen molar-refractivity contribution >= 4 is 5.91 Å². The SMILES string of the molecule is C=C1CCN(CC(=O)NCc2ccccc2)CC1. The number of likely N-dealkylation sites (tertiary alicyclic amines) is 1. The quantitative estimate of drug-likeness (QED) is 0.821. The average Bonchev–Trinajstić information content (AvgIpc) is 2.40. The lowest BCUT2D eigenvalue weighted by molar-refractivity contribution is -0.122. The maximum atomic E-state index is 11.8. The molecule has 0 aromatic heterocycles. The fraction of sp³-hybridized carbons (Fsp3) is 0.400. The summed E-state index contributed by atoms with van der Waals surface area (Å²) in [6, 6.07) is 9.98. The molecule has 1 aliphatic rings. The zero-order valence-corrected chi connectivity index (χ0v) is 10.7. The molecule has 3 nitrogen and oxygen atoms in total. The molecular weight excluding hydrogens is 224 g/mol. The molecular formula is C15H20N2O. The van der Waals surface area contributed by atoms with Crippen molar-refractivity contribution in [1.82, 2.24) is 10.2 Å². The molecule has 1 aromatic carbocycles. The van der Waals surface area contributed by atoms with Crippen LogP contribution in [0.15, 0.2) is 42.5 Å². The largest absolute Gasteiger partial charge is 0.351 e. The molecule has 2 rings (SSSR count). The van der Waals surface area contributed by atoms with E-state index in [4.69, 9.17) is 0 Å². The molecule has 1 N–H and O–H groups in total. The standard InChI is InChI=1S/C15H20N2O/c1-13-7-9-17(10-8-13)12-15(18)16-11-14-5-3-2-4-6-14/h2-6H,1,7-12H2,(H,16,18). The van der Waals surface area contributed by atoms with Gasteiger partial charge in [0.25, 0.3) is 0 Å². The minimum Gasteiger partial charge on any atom is -0.351 e. The molecule has 1 aliphatic heterocycles. The van der Waals surface area contributed by atoms with Crippen LogP contribution in [0.3, 0.4) is 0 Å². The topological polar surface area (TPSA) is 32.3 Å². The summed E-state index contributed by atoms with van der Waals surface area (Å²) in [5.41, 5.74) is 2.44. The highest BCUT2D eigenvalue weighted by Crippen LogP contribution is 2.12. The smallest absolute Gasteiger partial charge is 0.234 e. The summed E-state index contributed by atoms with van der Waals surface area (Å²) in [5.74, 6) is 0.103. The van der Waals surface area contributed by atoms with Crippen LogP contribution in [0.25, 0.3) is 0 Å². The van der Waals surface area contributed by atoms with E-state index in [9.17, 15) is 4.79 Å². The van der Waals surface area contributed by atoms with Crippen LogP contribution in [-0.4, -0.2) is 30.4 Å². The first kappa shape index (κ1) is 12.8. The molecule has 0 saturated carbocycles. The maximum absolute atomic E-state index is 11.8. The first-order valence-electron chi connectivity index (χ1n) is 6.43. The normalized spacial score (nSPS) is 16.6. The zero-order chi connectivity index (χ0) is 12.8. The number of benzene rings is 1. The van der Waals surface area contributed by atoms with Crippen LogP contribution >= 0.6 is 0 Å². The Kier molecular flexibility index (Phi) is 4.53. The van der Waals surface area contributed by atoms with Gasteiger partial charge in [0, 0.05) is 19.6 Å². The number of rotatable bonds is 4. The van der Waals surface area contributed by atoms with E-state index in [1.54, 1.807) is 0 Å². The molecule has 1 saturated heterocycles. The number of nitrogens with one attached hydrogen (secondary N) is 1. The second kappa shape index (κ2) is 6.36. The van der Waals surface area contributed by atoms with Crippen LogP contribution in [0.1, 0.15) is 18.4 Å². The van der Waals surface area contributed by atoms with Crippen molar-refractivity contribution in [3.05, 3.63) is 48.0 Å². The van der Waals surface area contributed by atoms with Gasteiger partial charge in [-0.3, -0.25) is 9.69 Å². The van der Waals surface area contributed by atoms with Crippen LogP contribution < -0.4 is 5.32 Å². The summed E-state index contributed by atoms with van der Waals surface area (Å²) < 4.78 is 0. The highest BCUT2D eigenvalue weighted by atomic mass is 16.2. The van der Waals surface area contributed by atoms with E-state index in [0.29, 0.717) is 13.1 Å². The van der Waals surface area contributed by atoms with Crippen molar-refractivity contribution in [3.63, 3.8) is 0 Å². The van der Waals surface area contributed by atoms with Crippen molar-refractivity contribution in [2.24, 2.45) is 0 Å². The van der Waals surface area contributed by atoms with Gasteiger partial charge in [-0.25, -0.2) is 0 Å². The van der Waals surface area contributed by atoms with Gasteiger partial charge in [-0.2, -0.15) is 0 Å². The molecule has 18 heavy (non-hydrogen) atoms. The third-order valence-corrected chi connectivity index (χ3v) is 3.26. The average molecular weight is 244 g/mol. The molecule has 1 heterocycles. The number of piperidine rings is 1. The van der Waals surface area contributed by atoms with E-state index in [-0.39, 0.29) is 5.91 Å². The summed E-state index contributed by atoms with van der Waals surface area (Å²) in [5, 5.41) is 2.95. The van der Waals surface area contributed by atoms with Crippen molar-refractivity contribution < 1.29 is 4.79 Å². The Morgan fingerprint density at radius 2 is 1.89 bits per heavy atom. The van der Waals surface area contributed by atoms with Crippen molar-refractivity contribution in [2.45, 2.75) is 19.4 Å². The first-order chi connectivity index (χ1) is 8.74. The molecule has 3 heteroatoms. The van der Waals surface area contributed by atoms with Gasteiger partial charge < -0.3 is 5.32 Å². The van der Waals surface area contributed by atoms with Gasteiger partial charge in [0.1, 0.15) is 0 Å². The molecule has 1 aromatic rings. The molecule has 0 bridgehead atoms. The predicted molar refractivity (Wildman–Crippen MR) is 73.1 cm³/mol. The van der Waals surface area contributed by atoms with Crippen molar-refractivity contribution in [2.75, 3.05) is 19.6 Å². The molecule has 0 atom stereocenters. The Balaban J connectivity index is 1.71. The number of nitrogens with zero attached hydrogens (tertiary/aromatic N) is 1. The predicted octanol–water partition coefficient (Wildman–Crippen LogP) is 1.95. The number of carbonyl (C=O) groups is 1.